The van der Waals surface area contributed by atoms with Gasteiger partial charge < -0.3 is 14.4 Å². The number of amides is 1. The van der Waals surface area contributed by atoms with Crippen LogP contribution in [0.5, 0.6) is 11.5 Å². The molecule has 2 aromatic rings. The second-order valence-corrected chi connectivity index (χ2v) is 6.39. The van der Waals surface area contributed by atoms with Crippen molar-refractivity contribution in [1.29, 1.82) is 0 Å². The van der Waals surface area contributed by atoms with E-state index in [0.29, 0.717) is 22.6 Å². The van der Waals surface area contributed by atoms with Gasteiger partial charge in [0.05, 0.1) is 18.8 Å². The van der Waals surface area contributed by atoms with Gasteiger partial charge in [-0.05, 0) is 49.7 Å². The van der Waals surface area contributed by atoms with Crippen molar-refractivity contribution in [3.05, 3.63) is 59.2 Å². The van der Waals surface area contributed by atoms with Crippen LogP contribution in [0, 0.1) is 0 Å². The van der Waals surface area contributed by atoms with Crippen LogP contribution in [0.2, 0.25) is 0 Å². The maximum absolute atomic E-state index is 12.6. The Morgan fingerprint density at radius 3 is 2.22 bits per heavy atom. The molecule has 0 spiro atoms. The van der Waals surface area contributed by atoms with Crippen molar-refractivity contribution in [1.82, 2.24) is 4.90 Å². The molecule has 0 radical (unpaired) electrons. The molecule has 4 nitrogen and oxygen atoms in total. The van der Waals surface area contributed by atoms with Crippen molar-refractivity contribution in [2.45, 2.75) is 32.7 Å². The summed E-state index contributed by atoms with van der Waals surface area (Å²) in [6, 6.07) is 9.64. The van der Waals surface area contributed by atoms with E-state index in [9.17, 15) is 18.0 Å². The molecule has 2 rings (SSSR count). The summed E-state index contributed by atoms with van der Waals surface area (Å²) in [5.74, 6) is 0.705. The third kappa shape index (κ3) is 5.39. The molecule has 0 heterocycles. The van der Waals surface area contributed by atoms with Crippen molar-refractivity contribution in [3.8, 4) is 11.5 Å². The third-order valence-corrected chi connectivity index (χ3v) is 3.82. The first-order valence-corrected chi connectivity index (χ1v) is 8.38. The number of carbonyl (C=O) groups excluding carboxylic acids is 1. The van der Waals surface area contributed by atoms with Gasteiger partial charge >= 0.3 is 6.18 Å². The zero-order chi connectivity index (χ0) is 20.2. The quantitative estimate of drug-likeness (QED) is 0.723. The number of ether oxygens (including phenoxy) is 2. The van der Waals surface area contributed by atoms with Crippen LogP contribution in [-0.4, -0.2) is 31.1 Å². The maximum Gasteiger partial charge on any atom is 0.416 e. The molecule has 0 fully saturated rings. The second-order valence-electron chi connectivity index (χ2n) is 6.39. The van der Waals surface area contributed by atoms with Crippen molar-refractivity contribution < 1.29 is 27.4 Å². The number of hydrogen-bond acceptors (Lipinski definition) is 3. The Morgan fingerprint density at radius 2 is 1.70 bits per heavy atom. The minimum atomic E-state index is -4.38. The molecule has 0 aliphatic rings. The van der Waals surface area contributed by atoms with E-state index in [-0.39, 0.29) is 18.6 Å². The number of rotatable bonds is 6. The van der Waals surface area contributed by atoms with Crippen LogP contribution in [0.15, 0.2) is 42.5 Å². The smallest absolute Gasteiger partial charge is 0.416 e. The SMILES string of the molecule is COc1cc(C(=O)N(C)Cc2ccc(C(F)(F)F)cc2)ccc1OC(C)C. The first kappa shape index (κ1) is 20.6. The average Bonchev–Trinajstić information content (AvgIpc) is 2.60. The van der Waals surface area contributed by atoms with Crippen molar-refractivity contribution in [3.63, 3.8) is 0 Å². The highest BCUT2D eigenvalue weighted by molar-refractivity contribution is 5.94. The highest BCUT2D eigenvalue weighted by Crippen LogP contribution is 2.30. The lowest BCUT2D eigenvalue weighted by Gasteiger charge is -2.19. The summed E-state index contributed by atoms with van der Waals surface area (Å²) in [6.45, 7) is 3.95. The number of alkyl halides is 3. The summed E-state index contributed by atoms with van der Waals surface area (Å²) >= 11 is 0. The van der Waals surface area contributed by atoms with Gasteiger partial charge in [0.1, 0.15) is 0 Å². The summed E-state index contributed by atoms with van der Waals surface area (Å²) in [7, 11) is 3.08. The minimum absolute atomic E-state index is 0.0391. The van der Waals surface area contributed by atoms with Crippen molar-refractivity contribution in [2.24, 2.45) is 0 Å². The zero-order valence-corrected chi connectivity index (χ0v) is 15.6. The highest BCUT2D eigenvalue weighted by Gasteiger charge is 2.30. The molecule has 0 aliphatic heterocycles. The molecule has 2 aromatic carbocycles. The van der Waals surface area contributed by atoms with Crippen LogP contribution in [-0.2, 0) is 12.7 Å². The molecule has 0 aliphatic carbocycles. The monoisotopic (exact) mass is 381 g/mol. The average molecular weight is 381 g/mol. The Balaban J connectivity index is 2.12. The molecule has 0 unspecified atom stereocenters. The van der Waals surface area contributed by atoms with Gasteiger partial charge in [0.25, 0.3) is 5.91 Å². The maximum atomic E-state index is 12.6. The van der Waals surface area contributed by atoms with E-state index in [0.717, 1.165) is 12.1 Å². The molecule has 27 heavy (non-hydrogen) atoms. The van der Waals surface area contributed by atoms with E-state index < -0.39 is 11.7 Å². The largest absolute Gasteiger partial charge is 0.493 e. The Morgan fingerprint density at radius 1 is 1.07 bits per heavy atom. The van der Waals surface area contributed by atoms with Gasteiger partial charge in [-0.15, -0.1) is 0 Å². The highest BCUT2D eigenvalue weighted by atomic mass is 19.4. The summed E-state index contributed by atoms with van der Waals surface area (Å²) in [5, 5.41) is 0. The number of hydrogen-bond donors (Lipinski definition) is 0. The minimum Gasteiger partial charge on any atom is -0.493 e. The first-order chi connectivity index (χ1) is 12.6. The molecule has 0 saturated carbocycles. The molecular weight excluding hydrogens is 359 g/mol. The van der Waals surface area contributed by atoms with Crippen LogP contribution in [0.4, 0.5) is 13.2 Å². The van der Waals surface area contributed by atoms with E-state index in [1.165, 1.54) is 24.1 Å². The number of nitrogens with zero attached hydrogens (tertiary/aromatic N) is 1. The van der Waals surface area contributed by atoms with Gasteiger partial charge in [-0.2, -0.15) is 13.2 Å². The van der Waals surface area contributed by atoms with Gasteiger partial charge in [-0.3, -0.25) is 4.79 Å². The summed E-state index contributed by atoms with van der Waals surface area (Å²) in [5.41, 5.74) is 0.286. The Kier molecular flexibility index (Phi) is 6.36. The molecule has 0 aromatic heterocycles. The van der Waals surface area contributed by atoms with Crippen LogP contribution in [0.1, 0.15) is 35.3 Å². The van der Waals surface area contributed by atoms with Gasteiger partial charge in [-0.1, -0.05) is 12.1 Å². The molecule has 146 valence electrons. The second kappa shape index (κ2) is 8.33. The normalized spacial score (nSPS) is 11.4. The van der Waals surface area contributed by atoms with E-state index in [2.05, 4.69) is 0 Å². The lowest BCUT2D eigenvalue weighted by molar-refractivity contribution is -0.137. The molecule has 1 amide bonds. The molecule has 0 atom stereocenters. The van der Waals surface area contributed by atoms with Crippen LogP contribution >= 0.6 is 0 Å². The Hall–Kier alpha value is -2.70. The lowest BCUT2D eigenvalue weighted by atomic mass is 10.1. The first-order valence-electron chi connectivity index (χ1n) is 8.38. The molecule has 7 heteroatoms. The van der Waals surface area contributed by atoms with E-state index in [1.807, 2.05) is 13.8 Å². The Labute approximate surface area is 156 Å². The number of benzene rings is 2. The van der Waals surface area contributed by atoms with E-state index in [1.54, 1.807) is 25.2 Å². The topological polar surface area (TPSA) is 38.8 Å². The van der Waals surface area contributed by atoms with Gasteiger partial charge in [-0.25, -0.2) is 0 Å². The van der Waals surface area contributed by atoms with Gasteiger partial charge in [0, 0.05) is 19.2 Å². The fraction of sp³-hybridized carbons (Fsp3) is 0.350. The summed E-state index contributed by atoms with van der Waals surface area (Å²) in [6.07, 6.45) is -4.42. The van der Waals surface area contributed by atoms with Crippen molar-refractivity contribution >= 4 is 5.91 Å². The van der Waals surface area contributed by atoms with E-state index >= 15 is 0 Å². The molecular formula is C20H22F3NO3. The number of halogens is 3. The molecule has 0 saturated heterocycles. The van der Waals surface area contributed by atoms with Crippen LogP contribution in [0.3, 0.4) is 0 Å². The number of methoxy groups -OCH3 is 1. The Bertz CT molecular complexity index is 786. The van der Waals surface area contributed by atoms with Crippen LogP contribution < -0.4 is 9.47 Å². The van der Waals surface area contributed by atoms with E-state index in [4.69, 9.17) is 9.47 Å². The predicted octanol–water partition coefficient (Wildman–Crippen LogP) is 4.77. The fourth-order valence-corrected chi connectivity index (χ4v) is 2.52. The number of carbonyl (C=O) groups is 1. The molecule has 0 N–H and O–H groups in total. The van der Waals surface area contributed by atoms with Crippen molar-refractivity contribution in [2.75, 3.05) is 14.2 Å². The standard InChI is InChI=1S/C20H22F3NO3/c1-13(2)27-17-10-7-15(11-18(17)26-4)19(25)24(3)12-14-5-8-16(9-6-14)20(21,22)23/h5-11,13H,12H2,1-4H3. The van der Waals surface area contributed by atoms with Crippen LogP contribution in [0.25, 0.3) is 0 Å². The summed E-state index contributed by atoms with van der Waals surface area (Å²) < 4.78 is 48.8. The zero-order valence-electron chi connectivity index (χ0n) is 15.6. The molecule has 0 bridgehead atoms. The van der Waals surface area contributed by atoms with Gasteiger partial charge in [0.2, 0.25) is 0 Å². The van der Waals surface area contributed by atoms with Gasteiger partial charge in [0.15, 0.2) is 11.5 Å². The predicted molar refractivity (Wildman–Crippen MR) is 96.0 cm³/mol. The lowest BCUT2D eigenvalue weighted by Crippen LogP contribution is -2.26. The third-order valence-electron chi connectivity index (χ3n) is 3.82. The summed E-state index contributed by atoms with van der Waals surface area (Å²) in [4.78, 5) is 14.1. The fourth-order valence-electron chi connectivity index (χ4n) is 2.52.